The maximum Gasteiger partial charge on any atom is 0.163 e. The molecule has 0 saturated heterocycles. The van der Waals surface area contributed by atoms with Gasteiger partial charge < -0.3 is 4.74 Å². The van der Waals surface area contributed by atoms with E-state index < -0.39 is 0 Å². The predicted molar refractivity (Wildman–Crippen MR) is 59.9 cm³/mol. The zero-order chi connectivity index (χ0) is 10.8. The van der Waals surface area contributed by atoms with E-state index in [9.17, 15) is 4.79 Å². The lowest BCUT2D eigenvalue weighted by Gasteiger charge is -2.18. The van der Waals surface area contributed by atoms with Crippen molar-refractivity contribution in [2.75, 3.05) is 6.61 Å². The lowest BCUT2D eigenvalue weighted by molar-refractivity contribution is 0.0971. The zero-order valence-electron chi connectivity index (χ0n) is 8.68. The van der Waals surface area contributed by atoms with Crippen LogP contribution in [0.25, 0.3) is 0 Å². The van der Waals surface area contributed by atoms with E-state index in [1.54, 1.807) is 12.1 Å². The lowest BCUT2D eigenvalue weighted by atomic mass is 9.90. The number of halogens is 1. The fourth-order valence-electron chi connectivity index (χ4n) is 1.96. The van der Waals surface area contributed by atoms with Crippen molar-refractivity contribution in [3.05, 3.63) is 28.3 Å². The summed E-state index contributed by atoms with van der Waals surface area (Å²) in [6.07, 6.45) is 2.44. The van der Waals surface area contributed by atoms with E-state index in [2.05, 4.69) is 0 Å². The number of carbonyl (C=O) groups excluding carboxylic acids is 1. The van der Waals surface area contributed by atoms with E-state index in [1.165, 1.54) is 0 Å². The Bertz CT molecular complexity index is 399. The van der Waals surface area contributed by atoms with E-state index in [0.29, 0.717) is 18.1 Å². The first kappa shape index (κ1) is 10.5. The average Bonchev–Trinajstić information content (AvgIpc) is 2.20. The standard InChI is InChI=1S/C12H13ClO2/c1-2-15-12-7-8(13)6-10-9(12)4-3-5-11(10)14/h6-7H,2-5H2,1H3. The van der Waals surface area contributed by atoms with Gasteiger partial charge in [0.15, 0.2) is 5.78 Å². The number of rotatable bonds is 2. The molecule has 1 aromatic carbocycles. The minimum atomic E-state index is 0.180. The minimum absolute atomic E-state index is 0.180. The van der Waals surface area contributed by atoms with Crippen molar-refractivity contribution in [2.24, 2.45) is 0 Å². The summed E-state index contributed by atoms with van der Waals surface area (Å²) in [5.74, 6) is 0.952. The van der Waals surface area contributed by atoms with Gasteiger partial charge in [0.1, 0.15) is 5.75 Å². The number of ketones is 1. The Morgan fingerprint density at radius 3 is 2.93 bits per heavy atom. The molecule has 0 fully saturated rings. The summed E-state index contributed by atoms with van der Waals surface area (Å²) in [5, 5.41) is 0.576. The Balaban J connectivity index is 2.51. The van der Waals surface area contributed by atoms with Crippen molar-refractivity contribution in [3.63, 3.8) is 0 Å². The van der Waals surface area contributed by atoms with Crippen LogP contribution < -0.4 is 4.74 Å². The quantitative estimate of drug-likeness (QED) is 0.771. The molecule has 0 spiro atoms. The summed E-state index contributed by atoms with van der Waals surface area (Å²) in [6, 6.07) is 3.55. The zero-order valence-corrected chi connectivity index (χ0v) is 9.43. The second kappa shape index (κ2) is 4.23. The number of fused-ring (bicyclic) bond motifs is 1. The van der Waals surface area contributed by atoms with Crippen LogP contribution in [0.4, 0.5) is 0 Å². The van der Waals surface area contributed by atoms with Crippen LogP contribution in [0.5, 0.6) is 5.75 Å². The van der Waals surface area contributed by atoms with Crippen molar-refractivity contribution in [2.45, 2.75) is 26.2 Å². The molecule has 1 aromatic rings. The molecule has 0 saturated carbocycles. The summed E-state index contributed by atoms with van der Waals surface area (Å²) >= 11 is 5.95. The maximum atomic E-state index is 11.7. The summed E-state index contributed by atoms with van der Waals surface area (Å²) < 4.78 is 5.50. The van der Waals surface area contributed by atoms with E-state index in [-0.39, 0.29) is 5.78 Å². The molecule has 1 aliphatic rings. The Morgan fingerprint density at radius 2 is 2.20 bits per heavy atom. The number of benzene rings is 1. The Labute approximate surface area is 94.2 Å². The van der Waals surface area contributed by atoms with Gasteiger partial charge in [-0.2, -0.15) is 0 Å². The number of Topliss-reactive ketones (excluding diaryl/α,β-unsaturated/α-hetero) is 1. The summed E-state index contributed by atoms with van der Waals surface area (Å²) in [6.45, 7) is 2.53. The molecular formula is C12H13ClO2. The molecular weight excluding hydrogens is 212 g/mol. The Kier molecular flexibility index (Phi) is 2.96. The van der Waals surface area contributed by atoms with Gasteiger partial charge in [0.25, 0.3) is 0 Å². The van der Waals surface area contributed by atoms with Crippen LogP contribution in [0.2, 0.25) is 5.02 Å². The highest BCUT2D eigenvalue weighted by molar-refractivity contribution is 6.31. The van der Waals surface area contributed by atoms with Crippen LogP contribution in [0.1, 0.15) is 35.7 Å². The van der Waals surface area contributed by atoms with Gasteiger partial charge in [-0.15, -0.1) is 0 Å². The number of ether oxygens (including phenoxy) is 1. The Morgan fingerprint density at radius 1 is 1.40 bits per heavy atom. The third-order valence-corrected chi connectivity index (χ3v) is 2.82. The molecule has 80 valence electrons. The molecule has 0 bridgehead atoms. The van der Waals surface area contributed by atoms with Crippen LogP contribution in [0.3, 0.4) is 0 Å². The molecule has 0 N–H and O–H groups in total. The summed E-state index contributed by atoms with van der Waals surface area (Å²) in [4.78, 5) is 11.7. The fraction of sp³-hybridized carbons (Fsp3) is 0.417. The Hall–Kier alpha value is -1.02. The molecule has 0 aromatic heterocycles. The first-order chi connectivity index (χ1) is 7.22. The molecule has 1 aliphatic carbocycles. The van der Waals surface area contributed by atoms with Gasteiger partial charge in [-0.05, 0) is 31.9 Å². The van der Waals surface area contributed by atoms with Gasteiger partial charge in [0.2, 0.25) is 0 Å². The molecule has 0 aliphatic heterocycles. The second-order valence-electron chi connectivity index (χ2n) is 3.64. The van der Waals surface area contributed by atoms with Crippen LogP contribution in [0, 0.1) is 0 Å². The van der Waals surface area contributed by atoms with Crippen molar-refractivity contribution in [3.8, 4) is 5.75 Å². The monoisotopic (exact) mass is 224 g/mol. The summed E-state index contributed by atoms with van der Waals surface area (Å²) in [7, 11) is 0. The minimum Gasteiger partial charge on any atom is -0.494 e. The van der Waals surface area contributed by atoms with Gasteiger partial charge in [0, 0.05) is 22.6 Å². The molecule has 0 heterocycles. The van der Waals surface area contributed by atoms with E-state index in [0.717, 1.165) is 29.7 Å². The van der Waals surface area contributed by atoms with E-state index >= 15 is 0 Å². The fourth-order valence-corrected chi connectivity index (χ4v) is 2.17. The van der Waals surface area contributed by atoms with Crippen molar-refractivity contribution in [1.82, 2.24) is 0 Å². The average molecular weight is 225 g/mol. The van der Waals surface area contributed by atoms with Crippen molar-refractivity contribution < 1.29 is 9.53 Å². The largest absolute Gasteiger partial charge is 0.494 e. The molecule has 3 heteroatoms. The first-order valence-corrected chi connectivity index (χ1v) is 5.58. The van der Waals surface area contributed by atoms with Gasteiger partial charge in [-0.3, -0.25) is 4.79 Å². The SMILES string of the molecule is CCOc1cc(Cl)cc2c1CCCC2=O. The highest BCUT2D eigenvalue weighted by atomic mass is 35.5. The van der Waals surface area contributed by atoms with Gasteiger partial charge in [0.05, 0.1) is 6.61 Å². The molecule has 2 nitrogen and oxygen atoms in total. The normalized spacial score (nSPS) is 14.9. The highest BCUT2D eigenvalue weighted by Crippen LogP contribution is 2.32. The van der Waals surface area contributed by atoms with Crippen LogP contribution >= 0.6 is 11.6 Å². The predicted octanol–water partition coefficient (Wildman–Crippen LogP) is 3.26. The van der Waals surface area contributed by atoms with E-state index in [1.807, 2.05) is 6.92 Å². The van der Waals surface area contributed by atoms with Crippen LogP contribution in [-0.4, -0.2) is 12.4 Å². The van der Waals surface area contributed by atoms with Gasteiger partial charge in [-0.25, -0.2) is 0 Å². The topological polar surface area (TPSA) is 26.3 Å². The summed E-state index contributed by atoms with van der Waals surface area (Å²) in [5.41, 5.74) is 1.77. The molecule has 0 atom stereocenters. The van der Waals surface area contributed by atoms with Crippen molar-refractivity contribution in [1.29, 1.82) is 0 Å². The van der Waals surface area contributed by atoms with Gasteiger partial charge >= 0.3 is 0 Å². The lowest BCUT2D eigenvalue weighted by Crippen LogP contribution is -2.12. The molecule has 2 rings (SSSR count). The van der Waals surface area contributed by atoms with Crippen LogP contribution in [0.15, 0.2) is 12.1 Å². The third kappa shape index (κ3) is 2.00. The van der Waals surface area contributed by atoms with Crippen LogP contribution in [-0.2, 0) is 6.42 Å². The number of carbonyl (C=O) groups is 1. The third-order valence-electron chi connectivity index (χ3n) is 2.60. The van der Waals surface area contributed by atoms with E-state index in [4.69, 9.17) is 16.3 Å². The van der Waals surface area contributed by atoms with Gasteiger partial charge in [-0.1, -0.05) is 11.6 Å². The molecule has 0 unspecified atom stereocenters. The second-order valence-corrected chi connectivity index (χ2v) is 4.08. The molecule has 0 amide bonds. The highest BCUT2D eigenvalue weighted by Gasteiger charge is 2.21. The first-order valence-electron chi connectivity index (χ1n) is 5.20. The maximum absolute atomic E-state index is 11.7. The van der Waals surface area contributed by atoms with Crippen molar-refractivity contribution >= 4 is 17.4 Å². The molecule has 15 heavy (non-hydrogen) atoms. The molecule has 0 radical (unpaired) electrons. The number of hydrogen-bond acceptors (Lipinski definition) is 2. The number of hydrogen-bond donors (Lipinski definition) is 0. The smallest absolute Gasteiger partial charge is 0.163 e.